The number of hydrogen-bond donors (Lipinski definition) is 1. The molecule has 1 N–H and O–H groups in total. The van der Waals surface area contributed by atoms with Crippen LogP contribution >= 0.6 is 11.6 Å². The van der Waals surface area contributed by atoms with Gasteiger partial charge in [-0.15, -0.1) is 0 Å². The van der Waals surface area contributed by atoms with E-state index in [1.807, 2.05) is 6.92 Å². The highest BCUT2D eigenvalue weighted by atomic mass is 35.5. The van der Waals surface area contributed by atoms with Gasteiger partial charge in [0, 0.05) is 11.3 Å². The Bertz CT molecular complexity index is 1410. The Morgan fingerprint density at radius 2 is 1.47 bits per heavy atom. The molecule has 36 heavy (non-hydrogen) atoms. The van der Waals surface area contributed by atoms with Crippen molar-refractivity contribution in [2.75, 3.05) is 23.7 Å². The minimum Gasteiger partial charge on any atom is -0.494 e. The number of carbonyl (C=O) groups is 1. The molecule has 3 aromatic rings. The molecule has 0 unspecified atom stereocenters. The van der Waals surface area contributed by atoms with Crippen molar-refractivity contribution in [2.24, 2.45) is 0 Å². The highest BCUT2D eigenvalue weighted by Crippen LogP contribution is 2.27. The maximum absolute atomic E-state index is 13.5. The minimum absolute atomic E-state index is 0.0157. The van der Waals surface area contributed by atoms with Gasteiger partial charge in [0.05, 0.1) is 28.1 Å². The lowest BCUT2D eigenvalue weighted by atomic mass is 10.1. The number of amides is 1. The lowest BCUT2D eigenvalue weighted by molar-refractivity contribution is -0.120. The summed E-state index contributed by atoms with van der Waals surface area (Å²) in [6.07, 6.45) is 1.11. The molecule has 0 spiro atoms. The second-order valence-electron chi connectivity index (χ2n) is 8.02. The van der Waals surface area contributed by atoms with Crippen LogP contribution < -0.4 is 14.4 Å². The number of sulfone groups is 1. The van der Waals surface area contributed by atoms with Crippen molar-refractivity contribution < 1.29 is 26.4 Å². The molecule has 3 aromatic carbocycles. The molecule has 192 valence electrons. The number of carbonyl (C=O) groups excluding carboxylic acids is 1. The molecule has 0 heterocycles. The van der Waals surface area contributed by atoms with Gasteiger partial charge >= 0.3 is 0 Å². The largest absolute Gasteiger partial charge is 0.494 e. The molecule has 0 saturated heterocycles. The molecule has 0 fully saturated rings. The number of halogens is 1. The number of anilines is 1. The summed E-state index contributed by atoms with van der Waals surface area (Å²) in [6.45, 7) is 3.54. The predicted octanol–water partition coefficient (Wildman–Crippen LogP) is 4.21. The molecule has 1 atom stereocenters. The van der Waals surface area contributed by atoms with Crippen molar-refractivity contribution in [1.29, 1.82) is 0 Å². The number of benzene rings is 3. The number of sulfonamides is 1. The van der Waals surface area contributed by atoms with Gasteiger partial charge in [-0.2, -0.15) is 0 Å². The monoisotopic (exact) mass is 550 g/mol. The lowest BCUT2D eigenvalue weighted by Crippen LogP contribution is -2.41. The first-order valence-corrected chi connectivity index (χ1v) is 14.7. The third-order valence-corrected chi connectivity index (χ3v) is 8.48. The van der Waals surface area contributed by atoms with Gasteiger partial charge in [-0.05, 0) is 80.1 Å². The van der Waals surface area contributed by atoms with Crippen LogP contribution in [0.3, 0.4) is 0 Å². The van der Waals surface area contributed by atoms with Crippen molar-refractivity contribution >= 4 is 43.1 Å². The normalized spacial score (nSPS) is 12.6. The van der Waals surface area contributed by atoms with E-state index in [2.05, 4.69) is 5.32 Å². The SMILES string of the molecule is CCOc1ccc(N(CC(=O)N[C@H](C)c2ccc(S(C)(=O)=O)cc2)S(=O)(=O)c2ccc(Cl)cc2)cc1. The zero-order chi connectivity index (χ0) is 26.5. The van der Waals surface area contributed by atoms with Crippen LogP contribution in [-0.4, -0.2) is 42.2 Å². The van der Waals surface area contributed by atoms with Crippen molar-refractivity contribution in [3.8, 4) is 5.75 Å². The second kappa shape index (κ2) is 11.3. The first-order chi connectivity index (χ1) is 16.9. The number of nitrogens with one attached hydrogen (secondary N) is 1. The maximum atomic E-state index is 13.5. The number of nitrogens with zero attached hydrogens (tertiary/aromatic N) is 1. The summed E-state index contributed by atoms with van der Waals surface area (Å²) in [5, 5.41) is 3.16. The van der Waals surface area contributed by atoms with Gasteiger partial charge in [0.1, 0.15) is 12.3 Å². The van der Waals surface area contributed by atoms with Gasteiger partial charge in [-0.3, -0.25) is 9.10 Å². The third-order valence-electron chi connectivity index (χ3n) is 5.31. The van der Waals surface area contributed by atoms with E-state index in [4.69, 9.17) is 16.3 Å². The molecule has 0 radical (unpaired) electrons. The van der Waals surface area contributed by atoms with Gasteiger partial charge in [0.2, 0.25) is 5.91 Å². The van der Waals surface area contributed by atoms with E-state index >= 15 is 0 Å². The zero-order valence-corrected chi connectivity index (χ0v) is 22.4. The zero-order valence-electron chi connectivity index (χ0n) is 20.0. The Kier molecular flexibility index (Phi) is 8.65. The van der Waals surface area contributed by atoms with Crippen LogP contribution in [0.1, 0.15) is 25.5 Å². The summed E-state index contributed by atoms with van der Waals surface area (Å²) in [4.78, 5) is 13.1. The summed E-state index contributed by atoms with van der Waals surface area (Å²) >= 11 is 5.92. The molecule has 0 saturated carbocycles. The van der Waals surface area contributed by atoms with E-state index in [0.717, 1.165) is 10.6 Å². The van der Waals surface area contributed by atoms with Crippen LogP contribution in [0.4, 0.5) is 5.69 Å². The topological polar surface area (TPSA) is 110 Å². The molecular weight excluding hydrogens is 524 g/mol. The fraction of sp³-hybridized carbons (Fsp3) is 0.240. The third kappa shape index (κ3) is 6.77. The molecule has 1 amide bonds. The molecule has 8 nitrogen and oxygen atoms in total. The lowest BCUT2D eigenvalue weighted by Gasteiger charge is -2.25. The smallest absolute Gasteiger partial charge is 0.264 e. The standard InChI is InChI=1S/C25H27ClN2O6S2/c1-4-34-22-11-9-21(10-12-22)28(36(32,33)24-15-7-20(26)8-16-24)17-25(29)27-18(2)19-5-13-23(14-6-19)35(3,30)31/h5-16,18H,4,17H2,1-3H3,(H,27,29)/t18-/m1/s1. The van der Waals surface area contributed by atoms with Crippen LogP contribution in [0.2, 0.25) is 5.02 Å². The molecule has 0 aliphatic rings. The van der Waals surface area contributed by atoms with Gasteiger partial charge in [-0.1, -0.05) is 23.7 Å². The summed E-state index contributed by atoms with van der Waals surface area (Å²) in [5.74, 6) is 0.0295. The van der Waals surface area contributed by atoms with Gasteiger partial charge in [0.25, 0.3) is 10.0 Å². The molecular formula is C25H27ClN2O6S2. The number of ether oxygens (including phenoxy) is 1. The van der Waals surface area contributed by atoms with Crippen molar-refractivity contribution in [3.05, 3.63) is 83.4 Å². The van der Waals surface area contributed by atoms with E-state index in [0.29, 0.717) is 22.9 Å². The molecule has 0 aromatic heterocycles. The predicted molar refractivity (Wildman–Crippen MR) is 140 cm³/mol. The fourth-order valence-electron chi connectivity index (χ4n) is 3.43. The second-order valence-corrected chi connectivity index (χ2v) is 12.3. The van der Waals surface area contributed by atoms with Gasteiger partial charge in [0.15, 0.2) is 9.84 Å². The Morgan fingerprint density at radius 1 is 0.917 bits per heavy atom. The Balaban J connectivity index is 1.86. The first-order valence-electron chi connectivity index (χ1n) is 11.0. The van der Waals surface area contributed by atoms with Crippen LogP contribution in [-0.2, 0) is 24.7 Å². The molecule has 3 rings (SSSR count). The van der Waals surface area contributed by atoms with E-state index < -0.39 is 38.4 Å². The van der Waals surface area contributed by atoms with Gasteiger partial charge in [-0.25, -0.2) is 16.8 Å². The van der Waals surface area contributed by atoms with E-state index in [9.17, 15) is 21.6 Å². The summed E-state index contributed by atoms with van der Waals surface area (Å²) in [7, 11) is -7.45. The van der Waals surface area contributed by atoms with Gasteiger partial charge < -0.3 is 10.1 Å². The molecule has 0 aliphatic carbocycles. The molecule has 11 heteroatoms. The highest BCUT2D eigenvalue weighted by molar-refractivity contribution is 7.93. The average Bonchev–Trinajstić information content (AvgIpc) is 2.83. The maximum Gasteiger partial charge on any atom is 0.264 e. The van der Waals surface area contributed by atoms with Crippen molar-refractivity contribution in [3.63, 3.8) is 0 Å². The summed E-state index contributed by atoms with van der Waals surface area (Å²) in [5.41, 5.74) is 0.956. The highest BCUT2D eigenvalue weighted by Gasteiger charge is 2.28. The van der Waals surface area contributed by atoms with Crippen LogP contribution in [0.5, 0.6) is 5.75 Å². The number of rotatable bonds is 10. The Hall–Kier alpha value is -3.08. The van der Waals surface area contributed by atoms with Crippen LogP contribution in [0, 0.1) is 0 Å². The first kappa shape index (κ1) is 27.5. The summed E-state index contributed by atoms with van der Waals surface area (Å²) < 4.78 is 56.8. The van der Waals surface area contributed by atoms with Crippen LogP contribution in [0.15, 0.2) is 82.6 Å². The Labute approximate surface area is 216 Å². The summed E-state index contributed by atoms with van der Waals surface area (Å²) in [6, 6.07) is 17.7. The van der Waals surface area contributed by atoms with E-state index in [1.165, 1.54) is 36.4 Å². The van der Waals surface area contributed by atoms with E-state index in [-0.39, 0.29) is 15.5 Å². The molecule has 0 aliphatic heterocycles. The minimum atomic E-state index is -4.11. The number of hydrogen-bond acceptors (Lipinski definition) is 6. The fourth-order valence-corrected chi connectivity index (χ4v) is 5.61. The Morgan fingerprint density at radius 3 is 2.00 bits per heavy atom. The molecule has 0 bridgehead atoms. The van der Waals surface area contributed by atoms with Crippen LogP contribution in [0.25, 0.3) is 0 Å². The quantitative estimate of drug-likeness (QED) is 0.405. The average molecular weight is 551 g/mol. The van der Waals surface area contributed by atoms with E-state index in [1.54, 1.807) is 43.3 Å². The van der Waals surface area contributed by atoms with Crippen molar-refractivity contribution in [2.45, 2.75) is 29.7 Å². The van der Waals surface area contributed by atoms with Crippen molar-refractivity contribution in [1.82, 2.24) is 5.32 Å².